The van der Waals surface area contributed by atoms with Crippen molar-refractivity contribution in [1.82, 2.24) is 14.1 Å². The summed E-state index contributed by atoms with van der Waals surface area (Å²) in [6, 6.07) is 4.68. The molecular formula is C22H33N3O4S. The maximum atomic E-state index is 13.3. The van der Waals surface area contributed by atoms with Gasteiger partial charge in [0.1, 0.15) is 5.75 Å². The lowest BCUT2D eigenvalue weighted by molar-refractivity contribution is 0.0628. The highest BCUT2D eigenvalue weighted by molar-refractivity contribution is 7.89. The molecule has 0 aromatic heterocycles. The number of methoxy groups -OCH3 is 1. The number of piperazine rings is 1. The van der Waals surface area contributed by atoms with Gasteiger partial charge in [-0.05, 0) is 49.8 Å². The van der Waals surface area contributed by atoms with Gasteiger partial charge in [-0.25, -0.2) is 8.42 Å². The van der Waals surface area contributed by atoms with E-state index in [1.165, 1.54) is 26.0 Å². The lowest BCUT2D eigenvalue weighted by Crippen LogP contribution is -2.49. The van der Waals surface area contributed by atoms with Gasteiger partial charge < -0.3 is 9.64 Å². The Morgan fingerprint density at radius 3 is 2.27 bits per heavy atom. The van der Waals surface area contributed by atoms with E-state index in [1.54, 1.807) is 16.4 Å². The summed E-state index contributed by atoms with van der Waals surface area (Å²) in [7, 11) is -2.10. The highest BCUT2D eigenvalue weighted by atomic mass is 32.2. The van der Waals surface area contributed by atoms with Gasteiger partial charge in [0.2, 0.25) is 10.0 Å². The van der Waals surface area contributed by atoms with Gasteiger partial charge in [-0.1, -0.05) is 12.8 Å². The molecule has 166 valence electrons. The van der Waals surface area contributed by atoms with Crippen molar-refractivity contribution >= 4 is 15.9 Å². The van der Waals surface area contributed by atoms with E-state index in [0.29, 0.717) is 37.5 Å². The number of sulfonamides is 1. The quantitative estimate of drug-likeness (QED) is 0.686. The summed E-state index contributed by atoms with van der Waals surface area (Å²) in [4.78, 5) is 17.7. The van der Waals surface area contributed by atoms with Gasteiger partial charge in [0.25, 0.3) is 5.91 Å². The van der Waals surface area contributed by atoms with Crippen molar-refractivity contribution in [3.05, 3.63) is 23.8 Å². The minimum atomic E-state index is -3.61. The Morgan fingerprint density at radius 1 is 1.00 bits per heavy atom. The average Bonchev–Trinajstić information content (AvgIpc) is 3.60. The molecule has 8 heteroatoms. The summed E-state index contributed by atoms with van der Waals surface area (Å²) in [6.45, 7) is 5.29. The average molecular weight is 436 g/mol. The van der Waals surface area contributed by atoms with Crippen molar-refractivity contribution in [1.29, 1.82) is 0 Å². The van der Waals surface area contributed by atoms with Crippen LogP contribution in [0.5, 0.6) is 5.75 Å². The summed E-state index contributed by atoms with van der Waals surface area (Å²) in [5.41, 5.74) is 0.337. The van der Waals surface area contributed by atoms with E-state index in [9.17, 15) is 13.2 Å². The third-order valence-electron chi connectivity index (χ3n) is 6.48. The Labute approximate surface area is 180 Å². The van der Waals surface area contributed by atoms with Crippen LogP contribution in [-0.4, -0.2) is 81.4 Å². The normalized spacial score (nSPS) is 22.0. The second kappa shape index (κ2) is 9.24. The van der Waals surface area contributed by atoms with Crippen LogP contribution in [0.1, 0.15) is 48.9 Å². The number of carbonyl (C=O) groups excluding carboxylic acids is 1. The number of ether oxygens (including phenoxy) is 1. The molecule has 7 nitrogen and oxygen atoms in total. The van der Waals surface area contributed by atoms with E-state index in [4.69, 9.17) is 4.74 Å². The smallest absolute Gasteiger partial charge is 0.257 e. The van der Waals surface area contributed by atoms with Gasteiger partial charge in [0, 0.05) is 45.8 Å². The lowest BCUT2D eigenvalue weighted by Gasteiger charge is -2.35. The molecule has 1 aliphatic carbocycles. The maximum Gasteiger partial charge on any atom is 0.257 e. The maximum absolute atomic E-state index is 13.3. The number of nitrogens with zero attached hydrogens (tertiary/aromatic N) is 3. The van der Waals surface area contributed by atoms with Crippen LogP contribution in [0.25, 0.3) is 0 Å². The van der Waals surface area contributed by atoms with Gasteiger partial charge in [-0.15, -0.1) is 0 Å². The van der Waals surface area contributed by atoms with Gasteiger partial charge in [0.15, 0.2) is 0 Å². The number of hydrogen-bond donors (Lipinski definition) is 0. The third kappa shape index (κ3) is 4.81. The molecule has 1 aromatic rings. The fourth-order valence-corrected chi connectivity index (χ4v) is 5.96. The largest absolute Gasteiger partial charge is 0.496 e. The molecule has 1 saturated carbocycles. The van der Waals surface area contributed by atoms with Crippen molar-refractivity contribution in [2.75, 3.05) is 52.9 Å². The van der Waals surface area contributed by atoms with Crippen LogP contribution in [0.3, 0.4) is 0 Å². The number of carbonyl (C=O) groups is 1. The number of rotatable bonds is 6. The van der Waals surface area contributed by atoms with Crippen LogP contribution in [0.4, 0.5) is 0 Å². The van der Waals surface area contributed by atoms with Crippen molar-refractivity contribution in [2.45, 2.75) is 43.4 Å². The Balaban J connectivity index is 1.51. The first-order valence-electron chi connectivity index (χ1n) is 11.2. The van der Waals surface area contributed by atoms with E-state index in [0.717, 1.165) is 51.2 Å². The fraction of sp³-hybridized carbons (Fsp3) is 0.682. The summed E-state index contributed by atoms with van der Waals surface area (Å²) in [5, 5.41) is 0. The van der Waals surface area contributed by atoms with Crippen LogP contribution < -0.4 is 4.74 Å². The van der Waals surface area contributed by atoms with Gasteiger partial charge in [-0.3, -0.25) is 9.69 Å². The highest BCUT2D eigenvalue weighted by Crippen LogP contribution is 2.30. The molecule has 0 unspecified atom stereocenters. The zero-order chi connectivity index (χ0) is 21.1. The second-order valence-electron chi connectivity index (χ2n) is 8.72. The topological polar surface area (TPSA) is 70.2 Å². The Morgan fingerprint density at radius 2 is 1.67 bits per heavy atom. The number of hydrogen-bond acceptors (Lipinski definition) is 5. The van der Waals surface area contributed by atoms with Crippen molar-refractivity contribution < 1.29 is 17.9 Å². The Hall–Kier alpha value is -1.64. The molecule has 2 aliphatic heterocycles. The Kier molecular flexibility index (Phi) is 6.65. The molecule has 0 spiro atoms. The van der Waals surface area contributed by atoms with Crippen molar-refractivity contribution in [3.8, 4) is 5.75 Å². The first kappa shape index (κ1) is 21.6. The first-order valence-corrected chi connectivity index (χ1v) is 12.6. The Bertz CT molecular complexity index is 853. The number of benzene rings is 1. The van der Waals surface area contributed by atoms with E-state index in [2.05, 4.69) is 4.90 Å². The van der Waals surface area contributed by atoms with Gasteiger partial charge in [-0.2, -0.15) is 4.31 Å². The zero-order valence-corrected chi connectivity index (χ0v) is 18.7. The van der Waals surface area contributed by atoms with Crippen LogP contribution in [0.2, 0.25) is 0 Å². The van der Waals surface area contributed by atoms with Gasteiger partial charge >= 0.3 is 0 Å². The second-order valence-corrected chi connectivity index (χ2v) is 10.7. The molecule has 1 aromatic carbocycles. The minimum Gasteiger partial charge on any atom is -0.496 e. The molecule has 0 N–H and O–H groups in total. The van der Waals surface area contributed by atoms with Crippen LogP contribution in [0.15, 0.2) is 23.1 Å². The zero-order valence-electron chi connectivity index (χ0n) is 17.9. The molecule has 0 atom stereocenters. The fourth-order valence-electron chi connectivity index (χ4n) is 4.42. The van der Waals surface area contributed by atoms with Crippen LogP contribution >= 0.6 is 0 Å². The van der Waals surface area contributed by atoms with Crippen LogP contribution in [0, 0.1) is 5.92 Å². The predicted molar refractivity (Wildman–Crippen MR) is 115 cm³/mol. The van der Waals surface area contributed by atoms with E-state index in [-0.39, 0.29) is 10.8 Å². The molecule has 30 heavy (non-hydrogen) atoms. The van der Waals surface area contributed by atoms with E-state index in [1.807, 2.05) is 4.90 Å². The van der Waals surface area contributed by atoms with E-state index < -0.39 is 10.0 Å². The minimum absolute atomic E-state index is 0.147. The molecule has 2 saturated heterocycles. The third-order valence-corrected chi connectivity index (χ3v) is 8.37. The summed E-state index contributed by atoms with van der Waals surface area (Å²) in [6.07, 6.45) is 6.54. The molecule has 2 heterocycles. The molecule has 4 rings (SSSR count). The molecule has 3 fully saturated rings. The predicted octanol–water partition coefficient (Wildman–Crippen LogP) is 2.43. The van der Waals surface area contributed by atoms with Gasteiger partial charge in [0.05, 0.1) is 17.6 Å². The summed E-state index contributed by atoms with van der Waals surface area (Å²) < 4.78 is 33.4. The SMILES string of the molecule is COc1ccc(S(=O)(=O)N2CCCCCC2)cc1C(=O)N1CCN(CC2CC2)CC1. The molecular weight excluding hydrogens is 402 g/mol. The molecule has 0 bridgehead atoms. The lowest BCUT2D eigenvalue weighted by atomic mass is 10.1. The monoisotopic (exact) mass is 435 g/mol. The first-order chi connectivity index (χ1) is 14.5. The van der Waals surface area contributed by atoms with E-state index >= 15 is 0 Å². The molecule has 3 aliphatic rings. The van der Waals surface area contributed by atoms with Crippen molar-refractivity contribution in [3.63, 3.8) is 0 Å². The van der Waals surface area contributed by atoms with Crippen LogP contribution in [-0.2, 0) is 10.0 Å². The molecule has 1 amide bonds. The molecule has 0 radical (unpaired) electrons. The number of amides is 1. The highest BCUT2D eigenvalue weighted by Gasteiger charge is 2.31. The summed E-state index contributed by atoms with van der Waals surface area (Å²) in [5.74, 6) is 1.12. The summed E-state index contributed by atoms with van der Waals surface area (Å²) >= 11 is 0. The standard InChI is InChI=1S/C22H33N3O4S/c1-29-21-9-8-19(30(27,28)25-10-4-2-3-5-11-25)16-20(21)22(26)24-14-12-23(13-15-24)17-18-6-7-18/h8-9,16,18H,2-7,10-15,17H2,1H3. The van der Waals surface area contributed by atoms with Crippen molar-refractivity contribution in [2.24, 2.45) is 5.92 Å².